The highest BCUT2D eigenvalue weighted by Gasteiger charge is 2.23. The van der Waals surface area contributed by atoms with E-state index in [0.29, 0.717) is 28.9 Å². The first-order valence-corrected chi connectivity index (χ1v) is 7.43. The number of rotatable bonds is 5. The third kappa shape index (κ3) is 4.65. The predicted molar refractivity (Wildman–Crippen MR) is 91.3 cm³/mol. The van der Waals surface area contributed by atoms with Gasteiger partial charge in [-0.3, -0.25) is 4.79 Å². The van der Waals surface area contributed by atoms with Gasteiger partial charge in [0.15, 0.2) is 11.5 Å². The third-order valence-corrected chi connectivity index (χ3v) is 3.91. The van der Waals surface area contributed by atoms with Gasteiger partial charge in [0, 0.05) is 24.2 Å². The molecule has 1 aromatic rings. The van der Waals surface area contributed by atoms with Crippen LogP contribution in [0.1, 0.15) is 30.1 Å². The van der Waals surface area contributed by atoms with Gasteiger partial charge in [-0.05, 0) is 26.3 Å². The molecule has 1 saturated heterocycles. The molecule has 0 bridgehead atoms. The second-order valence-corrected chi connectivity index (χ2v) is 5.46. The zero-order chi connectivity index (χ0) is 16.1. The smallest absolute Gasteiger partial charge is 0.255 e. The average molecular weight is 345 g/mol. The number of carbonyl (C=O) groups excluding carboxylic acids is 1. The fourth-order valence-corrected chi connectivity index (χ4v) is 2.73. The van der Waals surface area contributed by atoms with E-state index in [0.717, 1.165) is 19.4 Å². The Morgan fingerprint density at radius 1 is 1.13 bits per heavy atom. The molecule has 0 spiro atoms. The Labute approximate surface area is 143 Å². The fraction of sp³-hybridized carbons (Fsp3) is 0.562. The van der Waals surface area contributed by atoms with Crippen LogP contribution >= 0.6 is 12.4 Å². The number of ether oxygens (including phenoxy) is 3. The van der Waals surface area contributed by atoms with Gasteiger partial charge in [-0.1, -0.05) is 0 Å². The van der Waals surface area contributed by atoms with Crippen molar-refractivity contribution in [3.63, 3.8) is 0 Å². The van der Waals surface area contributed by atoms with Crippen LogP contribution in [0.4, 0.5) is 0 Å². The van der Waals surface area contributed by atoms with Crippen molar-refractivity contribution in [2.45, 2.75) is 31.8 Å². The van der Waals surface area contributed by atoms with Crippen molar-refractivity contribution in [2.24, 2.45) is 0 Å². The zero-order valence-electron chi connectivity index (χ0n) is 14.0. The average Bonchev–Trinajstić information content (AvgIpc) is 2.53. The Balaban J connectivity index is 0.00000264. The van der Waals surface area contributed by atoms with E-state index in [1.807, 2.05) is 0 Å². The Morgan fingerprint density at radius 2 is 1.74 bits per heavy atom. The molecule has 1 heterocycles. The second kappa shape index (κ2) is 8.84. The highest BCUT2D eigenvalue weighted by Crippen LogP contribution is 2.34. The highest BCUT2D eigenvalue weighted by molar-refractivity contribution is 5.98. The Morgan fingerprint density at radius 3 is 2.30 bits per heavy atom. The first kappa shape index (κ1) is 19.4. The van der Waals surface area contributed by atoms with E-state index in [2.05, 4.69) is 17.6 Å². The van der Waals surface area contributed by atoms with E-state index in [-0.39, 0.29) is 24.4 Å². The van der Waals surface area contributed by atoms with Crippen molar-refractivity contribution in [3.05, 3.63) is 17.7 Å². The summed E-state index contributed by atoms with van der Waals surface area (Å²) < 4.78 is 15.8. The van der Waals surface area contributed by atoms with Gasteiger partial charge in [-0.2, -0.15) is 0 Å². The van der Waals surface area contributed by atoms with Crippen molar-refractivity contribution in [3.8, 4) is 17.2 Å². The molecule has 2 N–H and O–H groups in total. The standard InChI is InChI=1S/C16H24N2O4.ClH/c1-10-7-11(5-6-17-10)18-16(19)12-8-14(21-3)15(22-4)9-13(12)20-2;/h8-11,17H,5-7H2,1-4H3,(H,18,19);1H. The molecule has 130 valence electrons. The van der Waals surface area contributed by atoms with Crippen LogP contribution < -0.4 is 24.8 Å². The zero-order valence-corrected chi connectivity index (χ0v) is 14.8. The molecule has 1 aromatic carbocycles. The summed E-state index contributed by atoms with van der Waals surface area (Å²) in [6, 6.07) is 3.89. The van der Waals surface area contributed by atoms with Crippen LogP contribution in [0, 0.1) is 0 Å². The van der Waals surface area contributed by atoms with E-state index in [4.69, 9.17) is 14.2 Å². The first-order valence-electron chi connectivity index (χ1n) is 7.43. The van der Waals surface area contributed by atoms with Crippen molar-refractivity contribution in [2.75, 3.05) is 27.9 Å². The topological polar surface area (TPSA) is 68.8 Å². The number of methoxy groups -OCH3 is 3. The summed E-state index contributed by atoms with van der Waals surface area (Å²) in [5.41, 5.74) is 0.450. The van der Waals surface area contributed by atoms with Gasteiger partial charge in [0.1, 0.15) is 5.75 Å². The molecule has 1 fully saturated rings. The lowest BCUT2D eigenvalue weighted by Gasteiger charge is -2.28. The lowest BCUT2D eigenvalue weighted by Crippen LogP contribution is -2.46. The minimum absolute atomic E-state index is 0. The first-order chi connectivity index (χ1) is 10.6. The summed E-state index contributed by atoms with van der Waals surface area (Å²) in [7, 11) is 4.62. The van der Waals surface area contributed by atoms with Crippen LogP contribution in [0.2, 0.25) is 0 Å². The van der Waals surface area contributed by atoms with Crippen molar-refractivity contribution in [1.29, 1.82) is 0 Å². The monoisotopic (exact) mass is 344 g/mol. The van der Waals surface area contributed by atoms with Gasteiger partial charge in [0.2, 0.25) is 0 Å². The minimum atomic E-state index is -0.156. The Hall–Kier alpha value is -1.66. The second-order valence-electron chi connectivity index (χ2n) is 5.46. The number of carbonyl (C=O) groups is 1. The Bertz CT molecular complexity index is 539. The number of halogens is 1. The normalized spacial score (nSPS) is 20.2. The maximum absolute atomic E-state index is 12.6. The summed E-state index contributed by atoms with van der Waals surface area (Å²) in [6.45, 7) is 3.03. The summed E-state index contributed by atoms with van der Waals surface area (Å²) in [6.07, 6.45) is 1.84. The van der Waals surface area contributed by atoms with Crippen molar-refractivity contribution < 1.29 is 19.0 Å². The maximum Gasteiger partial charge on any atom is 0.255 e. The molecule has 1 aliphatic rings. The molecule has 1 amide bonds. The molecule has 0 aromatic heterocycles. The molecule has 1 aliphatic heterocycles. The summed E-state index contributed by atoms with van der Waals surface area (Å²) >= 11 is 0. The number of benzene rings is 1. The van der Waals surface area contributed by atoms with Crippen LogP contribution in [0.3, 0.4) is 0 Å². The molecule has 2 rings (SSSR count). The molecule has 23 heavy (non-hydrogen) atoms. The molecule has 2 unspecified atom stereocenters. The van der Waals surface area contributed by atoms with Crippen LogP contribution in [-0.4, -0.2) is 45.9 Å². The van der Waals surface area contributed by atoms with Crippen molar-refractivity contribution >= 4 is 18.3 Å². The van der Waals surface area contributed by atoms with E-state index in [1.165, 1.54) is 7.11 Å². The third-order valence-electron chi connectivity index (χ3n) is 3.91. The van der Waals surface area contributed by atoms with E-state index >= 15 is 0 Å². The fourth-order valence-electron chi connectivity index (χ4n) is 2.73. The molecule has 0 aliphatic carbocycles. The number of amides is 1. The molecule has 7 heteroatoms. The molecular weight excluding hydrogens is 320 g/mol. The van der Waals surface area contributed by atoms with Crippen molar-refractivity contribution in [1.82, 2.24) is 10.6 Å². The SMILES string of the molecule is COc1cc(OC)c(C(=O)NC2CCNC(C)C2)cc1OC.Cl. The molecule has 2 atom stereocenters. The number of piperidine rings is 1. The number of nitrogens with one attached hydrogen (secondary N) is 2. The van der Waals surface area contributed by atoms with Gasteiger partial charge >= 0.3 is 0 Å². The molecule has 0 saturated carbocycles. The van der Waals surface area contributed by atoms with Gasteiger partial charge in [0.05, 0.1) is 26.9 Å². The van der Waals surface area contributed by atoms with E-state index in [9.17, 15) is 4.79 Å². The van der Waals surface area contributed by atoms with Crippen LogP contribution in [0.15, 0.2) is 12.1 Å². The van der Waals surface area contributed by atoms with Crippen LogP contribution in [-0.2, 0) is 0 Å². The Kier molecular flexibility index (Phi) is 7.45. The van der Waals surface area contributed by atoms with Gasteiger partial charge in [-0.25, -0.2) is 0 Å². The van der Waals surface area contributed by atoms with Gasteiger partial charge < -0.3 is 24.8 Å². The lowest BCUT2D eigenvalue weighted by molar-refractivity contribution is 0.0922. The van der Waals surface area contributed by atoms with E-state index in [1.54, 1.807) is 26.4 Å². The summed E-state index contributed by atoms with van der Waals surface area (Å²) in [5, 5.41) is 6.44. The van der Waals surface area contributed by atoms with Crippen LogP contribution in [0.5, 0.6) is 17.2 Å². The maximum atomic E-state index is 12.6. The molecular formula is C16H25ClN2O4. The summed E-state index contributed by atoms with van der Waals surface area (Å²) in [5.74, 6) is 1.35. The molecule has 6 nitrogen and oxygen atoms in total. The number of hydrogen-bond donors (Lipinski definition) is 2. The quantitative estimate of drug-likeness (QED) is 0.855. The van der Waals surface area contributed by atoms with E-state index < -0.39 is 0 Å². The lowest BCUT2D eigenvalue weighted by atomic mass is 10.00. The number of hydrogen-bond acceptors (Lipinski definition) is 5. The van der Waals surface area contributed by atoms with Gasteiger partial charge in [0.25, 0.3) is 5.91 Å². The largest absolute Gasteiger partial charge is 0.496 e. The van der Waals surface area contributed by atoms with Crippen LogP contribution in [0.25, 0.3) is 0 Å². The predicted octanol–water partition coefficient (Wildman–Crippen LogP) is 2.00. The molecule has 0 radical (unpaired) electrons. The minimum Gasteiger partial charge on any atom is -0.496 e. The van der Waals surface area contributed by atoms with Gasteiger partial charge in [-0.15, -0.1) is 12.4 Å². The highest BCUT2D eigenvalue weighted by atomic mass is 35.5. The summed E-state index contributed by atoms with van der Waals surface area (Å²) in [4.78, 5) is 12.6.